The van der Waals surface area contributed by atoms with Gasteiger partial charge < -0.3 is 30.2 Å². The van der Waals surface area contributed by atoms with Crippen molar-refractivity contribution in [2.45, 2.75) is 91.7 Å². The van der Waals surface area contributed by atoms with Gasteiger partial charge in [-0.15, -0.1) is 0 Å². The SMILES string of the molecule is C.CCCCCC[C@]1(C)C(=O)OC1C(=O)NCC(NC(=O)C(C)NC(=O)OCc1ccccc1)C(=O)OCc1ccccc1. The van der Waals surface area contributed by atoms with Crippen LogP contribution in [0.5, 0.6) is 0 Å². The molecule has 0 radical (unpaired) electrons. The molecule has 1 fully saturated rings. The van der Waals surface area contributed by atoms with Crippen LogP contribution < -0.4 is 16.0 Å². The van der Waals surface area contributed by atoms with Gasteiger partial charge in [-0.1, -0.05) is 101 Å². The molecule has 1 aliphatic heterocycles. The lowest BCUT2D eigenvalue weighted by molar-refractivity contribution is -0.207. The smallest absolute Gasteiger partial charge is 0.408 e. The maximum Gasteiger partial charge on any atom is 0.408 e. The van der Waals surface area contributed by atoms with Gasteiger partial charge in [-0.25, -0.2) is 9.59 Å². The van der Waals surface area contributed by atoms with Crippen LogP contribution in [0, 0.1) is 5.41 Å². The number of rotatable bonds is 16. The third kappa shape index (κ3) is 10.4. The Hall–Kier alpha value is -4.41. The molecule has 4 atom stereocenters. The number of ether oxygens (including phenoxy) is 3. The van der Waals surface area contributed by atoms with Crippen LogP contribution in [0.15, 0.2) is 60.7 Å². The Bertz CT molecular complexity index is 1240. The van der Waals surface area contributed by atoms with Crippen molar-refractivity contribution < 1.29 is 38.2 Å². The lowest BCUT2D eigenvalue weighted by Crippen LogP contribution is -2.62. The molecule has 11 heteroatoms. The summed E-state index contributed by atoms with van der Waals surface area (Å²) >= 11 is 0. The van der Waals surface area contributed by atoms with E-state index in [4.69, 9.17) is 14.2 Å². The molecule has 3 rings (SSSR count). The molecule has 3 amide bonds. The molecule has 0 aliphatic carbocycles. The third-order valence-corrected chi connectivity index (χ3v) is 7.30. The molecular weight excluding hydrogens is 566 g/mol. The Balaban J connectivity index is 0.00000675. The molecule has 0 aromatic heterocycles. The highest BCUT2D eigenvalue weighted by Gasteiger charge is 2.57. The van der Waals surface area contributed by atoms with Crippen LogP contribution in [0.25, 0.3) is 0 Å². The second kappa shape index (κ2) is 17.6. The molecule has 1 saturated heterocycles. The minimum Gasteiger partial charge on any atom is -0.459 e. The molecule has 2 aromatic carbocycles. The molecule has 2 aromatic rings. The average Bonchev–Trinajstić information content (AvgIpc) is 3.02. The zero-order valence-corrected chi connectivity index (χ0v) is 24.9. The summed E-state index contributed by atoms with van der Waals surface area (Å²) in [6, 6.07) is 15.7. The van der Waals surface area contributed by atoms with Crippen molar-refractivity contribution in [1.82, 2.24) is 16.0 Å². The molecule has 3 N–H and O–H groups in total. The van der Waals surface area contributed by atoms with E-state index in [9.17, 15) is 24.0 Å². The van der Waals surface area contributed by atoms with Gasteiger partial charge in [-0.05, 0) is 31.4 Å². The fourth-order valence-corrected chi connectivity index (χ4v) is 4.54. The molecule has 3 unspecified atom stereocenters. The minimum absolute atomic E-state index is 0. The van der Waals surface area contributed by atoms with Gasteiger partial charge >= 0.3 is 18.0 Å². The number of benzene rings is 2. The Morgan fingerprint density at radius 2 is 1.48 bits per heavy atom. The van der Waals surface area contributed by atoms with Gasteiger partial charge in [0.05, 0.1) is 0 Å². The topological polar surface area (TPSA) is 149 Å². The first kappa shape index (κ1) is 35.8. The van der Waals surface area contributed by atoms with E-state index in [0.717, 1.165) is 36.8 Å². The first-order valence-corrected chi connectivity index (χ1v) is 14.6. The first-order valence-electron chi connectivity index (χ1n) is 14.6. The Morgan fingerprint density at radius 3 is 2.05 bits per heavy atom. The van der Waals surface area contributed by atoms with Gasteiger partial charge in [0.1, 0.15) is 30.7 Å². The van der Waals surface area contributed by atoms with Gasteiger partial charge in [0, 0.05) is 6.54 Å². The molecule has 0 saturated carbocycles. The minimum atomic E-state index is -1.28. The first-order chi connectivity index (χ1) is 20.6. The Labute approximate surface area is 259 Å². The fourth-order valence-electron chi connectivity index (χ4n) is 4.54. The maximum atomic E-state index is 13.0. The van der Waals surface area contributed by atoms with E-state index in [-0.39, 0.29) is 27.2 Å². The number of unbranched alkanes of at least 4 members (excludes halogenated alkanes) is 3. The molecule has 1 aliphatic rings. The standard InChI is InChI=1S/C32H41N3O8.CH4/c1-4-5-6-13-18-32(3)26(43-30(32)39)28(37)33-19-25(29(38)41-20-23-14-9-7-10-15-23)35-27(36)22(2)34-31(40)42-21-24-16-11-8-12-17-24;/h7-12,14-17,22,25-26H,4-6,13,18-21H2,1-3H3,(H,33,37)(H,34,40)(H,35,36);1H4/t22?,25?,26?,32-;/m0./s1. The summed E-state index contributed by atoms with van der Waals surface area (Å²) in [7, 11) is 0. The van der Waals surface area contributed by atoms with Gasteiger partial charge in [0.2, 0.25) is 5.91 Å². The normalized spacial score (nSPS) is 18.2. The van der Waals surface area contributed by atoms with Gasteiger partial charge in [-0.3, -0.25) is 14.4 Å². The molecular formula is C33H45N3O8. The largest absolute Gasteiger partial charge is 0.459 e. The summed E-state index contributed by atoms with van der Waals surface area (Å²) < 4.78 is 15.7. The van der Waals surface area contributed by atoms with Crippen LogP contribution in [-0.2, 0) is 46.6 Å². The van der Waals surface area contributed by atoms with Crippen LogP contribution >= 0.6 is 0 Å². The predicted octanol–water partition coefficient (Wildman–Crippen LogP) is 4.18. The van der Waals surface area contributed by atoms with Crippen molar-refractivity contribution in [1.29, 1.82) is 0 Å². The van der Waals surface area contributed by atoms with E-state index >= 15 is 0 Å². The van der Waals surface area contributed by atoms with Gasteiger partial charge in [0.25, 0.3) is 5.91 Å². The van der Waals surface area contributed by atoms with Crippen LogP contribution in [0.2, 0.25) is 0 Å². The second-order valence-corrected chi connectivity index (χ2v) is 10.8. The number of esters is 2. The summed E-state index contributed by atoms with van der Waals surface area (Å²) in [5.74, 6) is -2.48. The van der Waals surface area contributed by atoms with Crippen LogP contribution in [0.4, 0.5) is 4.79 Å². The molecule has 44 heavy (non-hydrogen) atoms. The van der Waals surface area contributed by atoms with Crippen molar-refractivity contribution in [3.8, 4) is 0 Å². The summed E-state index contributed by atoms with van der Waals surface area (Å²) in [5.41, 5.74) is 0.561. The Morgan fingerprint density at radius 1 is 0.886 bits per heavy atom. The zero-order chi connectivity index (χ0) is 31.2. The van der Waals surface area contributed by atoms with Crippen LogP contribution in [0.3, 0.4) is 0 Å². The van der Waals surface area contributed by atoms with E-state index in [1.807, 2.05) is 24.3 Å². The number of carbonyl (C=O) groups is 5. The fraction of sp³-hybridized carbons (Fsp3) is 0.485. The molecule has 11 nitrogen and oxygen atoms in total. The second-order valence-electron chi connectivity index (χ2n) is 10.8. The lowest BCUT2D eigenvalue weighted by Gasteiger charge is -2.43. The van der Waals surface area contributed by atoms with Gasteiger partial charge in [0.15, 0.2) is 6.10 Å². The zero-order valence-electron chi connectivity index (χ0n) is 24.9. The quantitative estimate of drug-likeness (QED) is 0.145. The highest BCUT2D eigenvalue weighted by Crippen LogP contribution is 2.41. The number of hydrogen-bond acceptors (Lipinski definition) is 8. The van der Waals surface area contributed by atoms with Crippen molar-refractivity contribution in [3.63, 3.8) is 0 Å². The summed E-state index contributed by atoms with van der Waals surface area (Å²) in [6.45, 7) is 4.88. The van der Waals surface area contributed by atoms with E-state index < -0.39 is 53.4 Å². The van der Waals surface area contributed by atoms with Crippen molar-refractivity contribution in [2.24, 2.45) is 5.41 Å². The molecule has 0 bridgehead atoms. The number of hydrogen-bond donors (Lipinski definition) is 3. The monoisotopic (exact) mass is 611 g/mol. The number of cyclic esters (lactones) is 1. The van der Waals surface area contributed by atoms with Crippen LogP contribution in [-0.4, -0.2) is 54.6 Å². The molecule has 0 spiro atoms. The number of amides is 3. The highest BCUT2D eigenvalue weighted by atomic mass is 16.6. The average molecular weight is 612 g/mol. The third-order valence-electron chi connectivity index (χ3n) is 7.30. The van der Waals surface area contributed by atoms with E-state index in [0.29, 0.717) is 6.42 Å². The predicted molar refractivity (Wildman–Crippen MR) is 164 cm³/mol. The molecule has 1 heterocycles. The van der Waals surface area contributed by atoms with Crippen molar-refractivity contribution in [2.75, 3.05) is 6.54 Å². The van der Waals surface area contributed by atoms with E-state index in [1.165, 1.54) is 6.92 Å². The highest BCUT2D eigenvalue weighted by molar-refractivity contribution is 5.97. The van der Waals surface area contributed by atoms with E-state index in [1.54, 1.807) is 43.3 Å². The maximum absolute atomic E-state index is 13.0. The van der Waals surface area contributed by atoms with Crippen LogP contribution in [0.1, 0.15) is 71.4 Å². The van der Waals surface area contributed by atoms with Crippen molar-refractivity contribution >= 4 is 29.8 Å². The molecule has 240 valence electrons. The number of carbonyl (C=O) groups excluding carboxylic acids is 5. The van der Waals surface area contributed by atoms with Gasteiger partial charge in [-0.2, -0.15) is 0 Å². The summed E-state index contributed by atoms with van der Waals surface area (Å²) in [4.78, 5) is 63.5. The van der Waals surface area contributed by atoms with E-state index in [2.05, 4.69) is 22.9 Å². The summed E-state index contributed by atoms with van der Waals surface area (Å²) in [6.07, 6.45) is 2.50. The number of alkyl carbamates (subject to hydrolysis) is 1. The Kier molecular flexibility index (Phi) is 14.4. The van der Waals surface area contributed by atoms with Crippen molar-refractivity contribution in [3.05, 3.63) is 71.8 Å². The number of nitrogens with one attached hydrogen (secondary N) is 3. The summed E-state index contributed by atoms with van der Waals surface area (Å²) in [5, 5.41) is 7.58. The lowest BCUT2D eigenvalue weighted by atomic mass is 9.74.